The Bertz CT molecular complexity index is 816. The van der Waals surface area contributed by atoms with E-state index >= 15 is 0 Å². The molecule has 0 spiro atoms. The van der Waals surface area contributed by atoms with Crippen molar-refractivity contribution in [1.82, 2.24) is 4.72 Å². The van der Waals surface area contributed by atoms with Crippen molar-refractivity contribution in [2.45, 2.75) is 50.0 Å². The van der Waals surface area contributed by atoms with Crippen LogP contribution in [0, 0.1) is 0 Å². The summed E-state index contributed by atoms with van der Waals surface area (Å²) in [4.78, 5) is 0.294. The third-order valence-corrected chi connectivity index (χ3v) is 6.62. The molecular formula is C19H22BrNO2S. The Morgan fingerprint density at radius 3 is 2.38 bits per heavy atom. The lowest BCUT2D eigenvalue weighted by Crippen LogP contribution is -2.28. The Hall–Kier alpha value is -1.17. The fraction of sp³-hybridized carbons (Fsp3) is 0.368. The molecule has 0 heterocycles. The number of rotatable bonds is 5. The molecule has 1 atom stereocenters. The number of fused-ring (bicyclic) bond motifs is 1. The van der Waals surface area contributed by atoms with Crippen molar-refractivity contribution in [3.63, 3.8) is 0 Å². The molecule has 1 aliphatic rings. The van der Waals surface area contributed by atoms with E-state index in [9.17, 15) is 8.42 Å². The molecule has 128 valence electrons. The summed E-state index contributed by atoms with van der Waals surface area (Å²) in [6.07, 6.45) is 5.42. The molecule has 0 bridgehead atoms. The van der Waals surface area contributed by atoms with Gasteiger partial charge in [0.25, 0.3) is 0 Å². The van der Waals surface area contributed by atoms with Gasteiger partial charge >= 0.3 is 0 Å². The summed E-state index contributed by atoms with van der Waals surface area (Å²) in [5.74, 6) is 0. The minimum atomic E-state index is -3.53. The normalized spacial score (nSPS) is 15.8. The number of hydrogen-bond donors (Lipinski definition) is 1. The smallest absolute Gasteiger partial charge is 0.207 e. The zero-order chi connectivity index (χ0) is 17.2. The van der Waals surface area contributed by atoms with Crippen LogP contribution in [0.25, 0.3) is 0 Å². The summed E-state index contributed by atoms with van der Waals surface area (Å²) < 4.78 is 29.0. The van der Waals surface area contributed by atoms with Crippen LogP contribution in [0.2, 0.25) is 0 Å². The molecule has 24 heavy (non-hydrogen) atoms. The van der Waals surface area contributed by atoms with Gasteiger partial charge in [0.05, 0.1) is 4.90 Å². The first-order chi connectivity index (χ1) is 11.5. The van der Waals surface area contributed by atoms with Gasteiger partial charge in [-0.1, -0.05) is 41.1 Å². The van der Waals surface area contributed by atoms with Crippen LogP contribution >= 0.6 is 15.9 Å². The van der Waals surface area contributed by atoms with Crippen molar-refractivity contribution in [3.8, 4) is 0 Å². The van der Waals surface area contributed by atoms with Crippen LogP contribution in [0.15, 0.2) is 51.8 Å². The van der Waals surface area contributed by atoms with Crippen LogP contribution in [0.3, 0.4) is 0 Å². The number of aryl methyl sites for hydroxylation is 2. The molecule has 2 aromatic carbocycles. The molecule has 0 unspecified atom stereocenters. The summed E-state index contributed by atoms with van der Waals surface area (Å²) >= 11 is 3.33. The van der Waals surface area contributed by atoms with Crippen LogP contribution in [-0.4, -0.2) is 8.42 Å². The van der Waals surface area contributed by atoms with Crippen LogP contribution in [0.5, 0.6) is 0 Å². The van der Waals surface area contributed by atoms with Gasteiger partial charge in [0.1, 0.15) is 0 Å². The maximum atomic E-state index is 12.6. The zero-order valence-electron chi connectivity index (χ0n) is 13.8. The second-order valence-corrected chi connectivity index (χ2v) is 8.90. The molecule has 0 radical (unpaired) electrons. The molecule has 0 fully saturated rings. The lowest BCUT2D eigenvalue weighted by atomic mass is 9.89. The first-order valence-electron chi connectivity index (χ1n) is 8.39. The van der Waals surface area contributed by atoms with E-state index in [1.807, 2.05) is 6.92 Å². The van der Waals surface area contributed by atoms with Crippen LogP contribution in [0.4, 0.5) is 0 Å². The van der Waals surface area contributed by atoms with Crippen molar-refractivity contribution in [1.29, 1.82) is 0 Å². The molecule has 0 saturated heterocycles. The maximum absolute atomic E-state index is 12.6. The monoisotopic (exact) mass is 407 g/mol. The molecule has 1 N–H and O–H groups in total. The Balaban J connectivity index is 1.85. The predicted octanol–water partition coefficient (Wildman–Crippen LogP) is 4.76. The standard InChI is InChI=1S/C19H22BrNO2S/c1-2-19(16-8-7-14-5-3-4-6-15(14)13-16)21-24(22,23)18-11-9-17(20)10-12-18/h7-13,19,21H,2-6H2,1H3/t19-/m0/s1. The molecule has 0 amide bonds. The van der Waals surface area contributed by atoms with E-state index in [0.29, 0.717) is 11.3 Å². The highest BCUT2D eigenvalue weighted by molar-refractivity contribution is 9.10. The number of hydrogen-bond acceptors (Lipinski definition) is 2. The summed E-state index contributed by atoms with van der Waals surface area (Å²) in [5, 5.41) is 0. The Morgan fingerprint density at radius 2 is 1.71 bits per heavy atom. The van der Waals surface area contributed by atoms with E-state index in [0.717, 1.165) is 22.9 Å². The summed E-state index contributed by atoms with van der Waals surface area (Å²) in [7, 11) is -3.53. The molecular weight excluding hydrogens is 386 g/mol. The minimum absolute atomic E-state index is 0.203. The fourth-order valence-electron chi connectivity index (χ4n) is 3.23. The van der Waals surface area contributed by atoms with Gasteiger partial charge in [0, 0.05) is 10.5 Å². The Morgan fingerprint density at radius 1 is 1.04 bits per heavy atom. The summed E-state index contributed by atoms with van der Waals surface area (Å²) in [6, 6.07) is 12.9. The van der Waals surface area contributed by atoms with Crippen LogP contribution < -0.4 is 4.72 Å². The molecule has 2 aromatic rings. The van der Waals surface area contributed by atoms with Gasteiger partial charge in [-0.05, 0) is 73.1 Å². The number of benzene rings is 2. The highest BCUT2D eigenvalue weighted by Gasteiger charge is 2.21. The van der Waals surface area contributed by atoms with Crippen LogP contribution in [0.1, 0.15) is 48.9 Å². The number of sulfonamides is 1. The van der Waals surface area contributed by atoms with Crippen molar-refractivity contribution in [2.75, 3.05) is 0 Å². The average molecular weight is 408 g/mol. The highest BCUT2D eigenvalue weighted by Crippen LogP contribution is 2.27. The van der Waals surface area contributed by atoms with Gasteiger partial charge in [0.15, 0.2) is 0 Å². The summed E-state index contributed by atoms with van der Waals surface area (Å²) in [6.45, 7) is 2.01. The van der Waals surface area contributed by atoms with Gasteiger partial charge in [-0.3, -0.25) is 0 Å². The third kappa shape index (κ3) is 3.90. The molecule has 0 saturated carbocycles. The highest BCUT2D eigenvalue weighted by atomic mass is 79.9. The minimum Gasteiger partial charge on any atom is -0.207 e. The van der Waals surface area contributed by atoms with E-state index in [2.05, 4.69) is 38.9 Å². The van der Waals surface area contributed by atoms with Crippen molar-refractivity contribution in [3.05, 3.63) is 63.6 Å². The van der Waals surface area contributed by atoms with E-state index < -0.39 is 10.0 Å². The van der Waals surface area contributed by atoms with Gasteiger partial charge in [-0.2, -0.15) is 0 Å². The second-order valence-electron chi connectivity index (χ2n) is 6.27. The molecule has 3 nitrogen and oxygen atoms in total. The average Bonchev–Trinajstić information content (AvgIpc) is 2.59. The lowest BCUT2D eigenvalue weighted by molar-refractivity contribution is 0.549. The first-order valence-corrected chi connectivity index (χ1v) is 10.7. The summed E-state index contributed by atoms with van der Waals surface area (Å²) in [5.41, 5.74) is 3.84. The largest absolute Gasteiger partial charge is 0.241 e. The first kappa shape index (κ1) is 17.6. The van der Waals surface area contributed by atoms with E-state index in [1.165, 1.54) is 24.0 Å². The second kappa shape index (κ2) is 7.38. The third-order valence-electron chi connectivity index (χ3n) is 4.60. The predicted molar refractivity (Wildman–Crippen MR) is 101 cm³/mol. The maximum Gasteiger partial charge on any atom is 0.241 e. The van der Waals surface area contributed by atoms with Gasteiger partial charge < -0.3 is 0 Å². The van der Waals surface area contributed by atoms with Crippen molar-refractivity contribution in [2.24, 2.45) is 0 Å². The quantitative estimate of drug-likeness (QED) is 0.776. The number of halogens is 1. The lowest BCUT2D eigenvalue weighted by Gasteiger charge is -2.21. The Kier molecular flexibility index (Phi) is 5.42. The van der Waals surface area contributed by atoms with E-state index in [1.54, 1.807) is 24.3 Å². The molecule has 1 aliphatic carbocycles. The SMILES string of the molecule is CC[C@H](NS(=O)(=O)c1ccc(Br)cc1)c1ccc2c(c1)CCCC2. The van der Waals surface area contributed by atoms with Crippen LogP contribution in [-0.2, 0) is 22.9 Å². The van der Waals surface area contributed by atoms with Crippen molar-refractivity contribution >= 4 is 26.0 Å². The molecule has 0 aromatic heterocycles. The van der Waals surface area contributed by atoms with Gasteiger partial charge in [-0.25, -0.2) is 13.1 Å². The Labute approximate surface area is 152 Å². The van der Waals surface area contributed by atoms with Gasteiger partial charge in [0.2, 0.25) is 10.0 Å². The molecule has 5 heteroatoms. The fourth-order valence-corrected chi connectivity index (χ4v) is 4.80. The van der Waals surface area contributed by atoms with Gasteiger partial charge in [-0.15, -0.1) is 0 Å². The van der Waals surface area contributed by atoms with Crippen molar-refractivity contribution < 1.29 is 8.42 Å². The zero-order valence-corrected chi connectivity index (χ0v) is 16.2. The molecule has 0 aliphatic heterocycles. The number of nitrogens with one attached hydrogen (secondary N) is 1. The topological polar surface area (TPSA) is 46.2 Å². The van der Waals surface area contributed by atoms with E-state index in [-0.39, 0.29) is 6.04 Å². The van der Waals surface area contributed by atoms with E-state index in [4.69, 9.17) is 0 Å². The molecule has 3 rings (SSSR count).